The summed E-state index contributed by atoms with van der Waals surface area (Å²) in [4.78, 5) is 32.2. The molecule has 3 heterocycles. The molecule has 2 aliphatic heterocycles. The van der Waals surface area contributed by atoms with Crippen molar-refractivity contribution in [2.45, 2.75) is 32.2 Å². The van der Waals surface area contributed by atoms with Gasteiger partial charge in [0, 0.05) is 23.2 Å². The van der Waals surface area contributed by atoms with Crippen molar-refractivity contribution in [1.82, 2.24) is 9.88 Å². The van der Waals surface area contributed by atoms with Gasteiger partial charge in [-0.1, -0.05) is 6.07 Å². The van der Waals surface area contributed by atoms with Crippen molar-refractivity contribution in [3.05, 3.63) is 34.2 Å². The zero-order valence-electron chi connectivity index (χ0n) is 14.6. The molecular formula is C19H21N3O3S. The van der Waals surface area contributed by atoms with Gasteiger partial charge in [0.05, 0.1) is 17.2 Å². The monoisotopic (exact) mass is 371 g/mol. The number of hydrogen-bond acceptors (Lipinski definition) is 5. The van der Waals surface area contributed by atoms with Crippen LogP contribution in [0.4, 0.5) is 5.69 Å². The molecule has 0 unspecified atom stereocenters. The lowest BCUT2D eigenvalue weighted by Gasteiger charge is -2.24. The number of amides is 1. The predicted molar refractivity (Wildman–Crippen MR) is 101 cm³/mol. The molecule has 0 bridgehead atoms. The fourth-order valence-corrected chi connectivity index (χ4v) is 4.49. The van der Waals surface area contributed by atoms with Gasteiger partial charge in [-0.15, -0.1) is 11.3 Å². The maximum Gasteiger partial charge on any atom is 0.320 e. The molecule has 4 rings (SSSR count). The minimum Gasteiger partial charge on any atom is -0.480 e. The number of aryl methyl sites for hydroxylation is 1. The number of carbonyl (C=O) groups excluding carboxylic acids is 1. The number of likely N-dealkylation sites (tertiary alicyclic amines) is 1. The van der Waals surface area contributed by atoms with E-state index in [9.17, 15) is 14.7 Å². The third-order valence-electron chi connectivity index (χ3n) is 5.18. The molecule has 1 saturated heterocycles. The van der Waals surface area contributed by atoms with E-state index in [1.807, 2.05) is 24.4 Å². The summed E-state index contributed by atoms with van der Waals surface area (Å²) in [5.41, 5.74) is 4.14. The summed E-state index contributed by atoms with van der Waals surface area (Å²) in [5.74, 6) is -0.852. The Morgan fingerprint density at radius 3 is 2.92 bits per heavy atom. The second-order valence-corrected chi connectivity index (χ2v) is 7.92. The van der Waals surface area contributed by atoms with Crippen molar-refractivity contribution in [2.24, 2.45) is 0 Å². The van der Waals surface area contributed by atoms with Crippen LogP contribution >= 0.6 is 11.3 Å². The number of carboxylic acid groups (broad SMARTS) is 1. The maximum atomic E-state index is 12.8. The number of hydrogen-bond donors (Lipinski definition) is 1. The van der Waals surface area contributed by atoms with Crippen LogP contribution in [-0.4, -0.2) is 52.5 Å². The lowest BCUT2D eigenvalue weighted by atomic mass is 10.1. The number of anilines is 1. The number of aliphatic carboxylic acids is 1. The Bertz CT molecular complexity index is 863. The van der Waals surface area contributed by atoms with Gasteiger partial charge in [0.25, 0.3) is 0 Å². The summed E-state index contributed by atoms with van der Waals surface area (Å²) < 4.78 is 0. The minimum atomic E-state index is -0.833. The standard InChI is InChI=1S/C19H21N3O3S/c1-12-20-15(11-26-12)13-4-5-16-14(9-13)6-8-22(16)18(23)10-21-7-2-3-17(21)19(24)25/h4-5,9,11,17H,2-3,6-8,10H2,1H3,(H,24,25)/t17-/m1/s1. The number of nitrogens with zero attached hydrogens (tertiary/aromatic N) is 3. The largest absolute Gasteiger partial charge is 0.480 e. The molecule has 2 aliphatic rings. The van der Waals surface area contributed by atoms with Crippen LogP contribution in [0.25, 0.3) is 11.3 Å². The van der Waals surface area contributed by atoms with Crippen molar-refractivity contribution in [1.29, 1.82) is 0 Å². The van der Waals surface area contributed by atoms with Gasteiger partial charge in [0.1, 0.15) is 6.04 Å². The lowest BCUT2D eigenvalue weighted by Crippen LogP contribution is -2.44. The van der Waals surface area contributed by atoms with Gasteiger partial charge < -0.3 is 10.0 Å². The highest BCUT2D eigenvalue weighted by molar-refractivity contribution is 7.09. The summed E-state index contributed by atoms with van der Waals surface area (Å²) in [6, 6.07) is 5.58. The SMILES string of the molecule is Cc1nc(-c2ccc3c(c2)CCN3C(=O)CN2CCC[C@@H]2C(=O)O)cs1. The van der Waals surface area contributed by atoms with E-state index in [-0.39, 0.29) is 12.5 Å². The van der Waals surface area contributed by atoms with Gasteiger partial charge in [-0.05, 0) is 50.4 Å². The first-order valence-electron chi connectivity index (χ1n) is 8.85. The van der Waals surface area contributed by atoms with Gasteiger partial charge >= 0.3 is 5.97 Å². The fraction of sp³-hybridized carbons (Fsp3) is 0.421. The Labute approximate surface area is 156 Å². The van der Waals surface area contributed by atoms with E-state index in [4.69, 9.17) is 0 Å². The third kappa shape index (κ3) is 3.12. The first kappa shape index (κ1) is 17.2. The number of fused-ring (bicyclic) bond motifs is 1. The second-order valence-electron chi connectivity index (χ2n) is 6.86. The average molecular weight is 371 g/mol. The molecular weight excluding hydrogens is 350 g/mol. The van der Waals surface area contributed by atoms with Crippen LogP contribution in [0.3, 0.4) is 0 Å². The van der Waals surface area contributed by atoms with Crippen molar-refractivity contribution in [3.63, 3.8) is 0 Å². The van der Waals surface area contributed by atoms with Crippen LogP contribution in [0.5, 0.6) is 0 Å². The summed E-state index contributed by atoms with van der Waals surface area (Å²) in [6.07, 6.45) is 2.27. The first-order chi connectivity index (χ1) is 12.5. The van der Waals surface area contributed by atoms with E-state index < -0.39 is 12.0 Å². The average Bonchev–Trinajstić information content (AvgIpc) is 3.32. The molecule has 0 saturated carbocycles. The van der Waals surface area contributed by atoms with Crippen LogP contribution in [-0.2, 0) is 16.0 Å². The fourth-order valence-electron chi connectivity index (χ4n) is 3.87. The molecule has 2 aromatic rings. The van der Waals surface area contributed by atoms with Crippen molar-refractivity contribution in [3.8, 4) is 11.3 Å². The van der Waals surface area contributed by atoms with Gasteiger partial charge in [-0.2, -0.15) is 0 Å². The zero-order chi connectivity index (χ0) is 18.3. The Morgan fingerprint density at radius 2 is 2.19 bits per heavy atom. The predicted octanol–water partition coefficient (Wildman–Crippen LogP) is 2.56. The topological polar surface area (TPSA) is 73.7 Å². The van der Waals surface area contributed by atoms with Crippen LogP contribution in [0.15, 0.2) is 23.6 Å². The second kappa shape index (κ2) is 6.81. The summed E-state index contributed by atoms with van der Waals surface area (Å²) in [6.45, 7) is 3.49. The molecule has 1 N–H and O–H groups in total. The zero-order valence-corrected chi connectivity index (χ0v) is 15.5. The quantitative estimate of drug-likeness (QED) is 0.894. The molecule has 0 radical (unpaired) electrons. The Hall–Kier alpha value is -2.25. The molecule has 0 aliphatic carbocycles. The van der Waals surface area contributed by atoms with Gasteiger partial charge in [-0.25, -0.2) is 4.98 Å². The van der Waals surface area contributed by atoms with E-state index >= 15 is 0 Å². The number of carbonyl (C=O) groups is 2. The summed E-state index contributed by atoms with van der Waals surface area (Å²) >= 11 is 1.63. The highest BCUT2D eigenvalue weighted by atomic mass is 32.1. The molecule has 6 nitrogen and oxygen atoms in total. The first-order valence-corrected chi connectivity index (χ1v) is 9.73. The number of thiazole rings is 1. The molecule has 1 aromatic carbocycles. The van der Waals surface area contributed by atoms with Crippen molar-refractivity contribution >= 4 is 28.9 Å². The highest BCUT2D eigenvalue weighted by Crippen LogP contribution is 2.33. The van der Waals surface area contributed by atoms with Gasteiger partial charge in [0.15, 0.2) is 0 Å². The highest BCUT2D eigenvalue weighted by Gasteiger charge is 2.34. The molecule has 1 amide bonds. The molecule has 7 heteroatoms. The van der Waals surface area contributed by atoms with Gasteiger partial charge in [-0.3, -0.25) is 14.5 Å². The maximum absolute atomic E-state index is 12.8. The van der Waals surface area contributed by atoms with Crippen molar-refractivity contribution in [2.75, 3.05) is 24.5 Å². The van der Waals surface area contributed by atoms with E-state index in [1.165, 1.54) is 0 Å². The van der Waals surface area contributed by atoms with E-state index in [1.54, 1.807) is 21.1 Å². The van der Waals surface area contributed by atoms with Crippen LogP contribution in [0, 0.1) is 6.92 Å². The smallest absolute Gasteiger partial charge is 0.320 e. The van der Waals surface area contributed by atoms with Crippen LogP contribution < -0.4 is 4.90 Å². The molecule has 0 spiro atoms. The van der Waals surface area contributed by atoms with E-state index in [0.29, 0.717) is 19.5 Å². The summed E-state index contributed by atoms with van der Waals surface area (Å²) in [7, 11) is 0. The lowest BCUT2D eigenvalue weighted by molar-refractivity contribution is -0.142. The number of rotatable bonds is 4. The number of carboxylic acids is 1. The molecule has 26 heavy (non-hydrogen) atoms. The van der Waals surface area contributed by atoms with E-state index in [2.05, 4.69) is 11.1 Å². The Balaban J connectivity index is 1.50. The Morgan fingerprint density at radius 1 is 1.35 bits per heavy atom. The Kier molecular flexibility index (Phi) is 4.50. The van der Waals surface area contributed by atoms with E-state index in [0.717, 1.165) is 40.4 Å². The summed E-state index contributed by atoms with van der Waals surface area (Å²) in [5, 5.41) is 12.4. The number of aromatic nitrogens is 1. The third-order valence-corrected chi connectivity index (χ3v) is 5.95. The molecule has 136 valence electrons. The normalized spacial score (nSPS) is 19.7. The molecule has 1 fully saturated rings. The number of benzene rings is 1. The molecule has 1 aromatic heterocycles. The van der Waals surface area contributed by atoms with Crippen LogP contribution in [0.1, 0.15) is 23.4 Å². The van der Waals surface area contributed by atoms with Gasteiger partial charge in [0.2, 0.25) is 5.91 Å². The van der Waals surface area contributed by atoms with Crippen molar-refractivity contribution < 1.29 is 14.7 Å². The minimum absolute atomic E-state index is 0.0193. The molecule has 1 atom stereocenters. The van der Waals surface area contributed by atoms with Crippen LogP contribution in [0.2, 0.25) is 0 Å².